The predicted octanol–water partition coefficient (Wildman–Crippen LogP) is 3.44. The van der Waals surface area contributed by atoms with Crippen molar-refractivity contribution >= 4 is 17.7 Å². The molecule has 2 aromatic rings. The second-order valence-electron chi connectivity index (χ2n) is 5.96. The maximum Gasteiger partial charge on any atom is 0.410 e. The first kappa shape index (κ1) is 17.0. The third-order valence-electron chi connectivity index (χ3n) is 4.40. The lowest BCUT2D eigenvalue weighted by Crippen LogP contribution is -2.45. The Balaban J connectivity index is 1.99. The van der Waals surface area contributed by atoms with Crippen LogP contribution in [0.5, 0.6) is 0 Å². The summed E-state index contributed by atoms with van der Waals surface area (Å²) in [7, 11) is 1.26. The van der Waals surface area contributed by atoms with Crippen molar-refractivity contribution in [1.29, 1.82) is 0 Å². The standard InChI is InChI=1S/C19H19FN2O3/c1-12-5-3-4-6-16(12)21-18(23)17-15-11-14(20)8-7-13(15)9-10-22(17)19(24)25-2/h3-8,11,17H,9-10H2,1-2H3,(H,21,23)/t17-/m0/s1. The van der Waals surface area contributed by atoms with Gasteiger partial charge in [0.15, 0.2) is 0 Å². The molecule has 3 rings (SSSR count). The summed E-state index contributed by atoms with van der Waals surface area (Å²) in [6.07, 6.45) is -0.0707. The number of para-hydroxylation sites is 1. The van der Waals surface area contributed by atoms with Crippen LogP contribution in [0.3, 0.4) is 0 Å². The highest BCUT2D eigenvalue weighted by molar-refractivity contribution is 5.98. The fourth-order valence-corrected chi connectivity index (χ4v) is 3.10. The van der Waals surface area contributed by atoms with Gasteiger partial charge in [0, 0.05) is 12.2 Å². The van der Waals surface area contributed by atoms with Crippen molar-refractivity contribution < 1.29 is 18.7 Å². The molecule has 1 atom stereocenters. The number of benzene rings is 2. The number of carbonyl (C=O) groups is 2. The molecule has 0 saturated carbocycles. The molecule has 1 aliphatic heterocycles. The largest absolute Gasteiger partial charge is 0.453 e. The van der Waals surface area contributed by atoms with Crippen LogP contribution in [-0.2, 0) is 16.0 Å². The number of halogens is 1. The van der Waals surface area contributed by atoms with Crippen LogP contribution in [0.4, 0.5) is 14.9 Å². The quantitative estimate of drug-likeness (QED) is 0.909. The molecule has 1 N–H and O–H groups in total. The number of carbonyl (C=O) groups excluding carboxylic acids is 2. The van der Waals surface area contributed by atoms with Gasteiger partial charge in [-0.1, -0.05) is 24.3 Å². The molecule has 6 heteroatoms. The average Bonchev–Trinajstić information content (AvgIpc) is 2.61. The van der Waals surface area contributed by atoms with Crippen LogP contribution in [0.25, 0.3) is 0 Å². The zero-order valence-corrected chi connectivity index (χ0v) is 14.1. The third-order valence-corrected chi connectivity index (χ3v) is 4.40. The molecular formula is C19H19FN2O3. The predicted molar refractivity (Wildman–Crippen MR) is 91.8 cm³/mol. The smallest absolute Gasteiger partial charge is 0.410 e. The van der Waals surface area contributed by atoms with Crippen LogP contribution >= 0.6 is 0 Å². The van der Waals surface area contributed by atoms with E-state index in [9.17, 15) is 14.0 Å². The van der Waals surface area contributed by atoms with Gasteiger partial charge in [0.2, 0.25) is 0 Å². The summed E-state index contributed by atoms with van der Waals surface area (Å²) >= 11 is 0. The molecule has 0 spiro atoms. The maximum absolute atomic E-state index is 13.8. The van der Waals surface area contributed by atoms with Gasteiger partial charge in [0.1, 0.15) is 11.9 Å². The van der Waals surface area contributed by atoms with Crippen molar-refractivity contribution in [2.45, 2.75) is 19.4 Å². The van der Waals surface area contributed by atoms with Crippen LogP contribution in [0.1, 0.15) is 22.7 Å². The number of hydrogen-bond acceptors (Lipinski definition) is 3. The molecule has 25 heavy (non-hydrogen) atoms. The lowest BCUT2D eigenvalue weighted by molar-refractivity contribution is -0.121. The molecule has 0 aromatic heterocycles. The Morgan fingerprint density at radius 2 is 2.00 bits per heavy atom. The molecule has 130 valence electrons. The summed E-state index contributed by atoms with van der Waals surface area (Å²) in [4.78, 5) is 26.4. The number of rotatable bonds is 2. The fraction of sp³-hybridized carbons (Fsp3) is 0.263. The SMILES string of the molecule is COC(=O)N1CCc2ccc(F)cc2[C@H]1C(=O)Nc1ccccc1C. The van der Waals surface area contributed by atoms with Gasteiger partial charge >= 0.3 is 6.09 Å². The Hall–Kier alpha value is -2.89. The average molecular weight is 342 g/mol. The van der Waals surface area contributed by atoms with E-state index >= 15 is 0 Å². The van der Waals surface area contributed by atoms with E-state index in [0.29, 0.717) is 24.2 Å². The zero-order valence-electron chi connectivity index (χ0n) is 14.1. The van der Waals surface area contributed by atoms with Crippen molar-refractivity contribution in [3.8, 4) is 0 Å². The highest BCUT2D eigenvalue weighted by atomic mass is 19.1. The van der Waals surface area contributed by atoms with Crippen LogP contribution in [0, 0.1) is 12.7 Å². The normalized spacial score (nSPS) is 16.1. The monoisotopic (exact) mass is 342 g/mol. The molecule has 0 unspecified atom stereocenters. The Morgan fingerprint density at radius 3 is 2.72 bits per heavy atom. The number of hydrogen-bond donors (Lipinski definition) is 1. The number of methoxy groups -OCH3 is 1. The minimum Gasteiger partial charge on any atom is -0.453 e. The summed E-state index contributed by atoms with van der Waals surface area (Å²) < 4.78 is 18.6. The molecule has 5 nitrogen and oxygen atoms in total. The van der Waals surface area contributed by atoms with Gasteiger partial charge in [-0.25, -0.2) is 9.18 Å². The highest BCUT2D eigenvalue weighted by Gasteiger charge is 2.37. The van der Waals surface area contributed by atoms with E-state index in [0.717, 1.165) is 11.1 Å². The number of fused-ring (bicyclic) bond motifs is 1. The molecule has 0 saturated heterocycles. The third kappa shape index (κ3) is 3.33. The van der Waals surface area contributed by atoms with Crippen LogP contribution in [0.2, 0.25) is 0 Å². The first-order chi connectivity index (χ1) is 12.0. The van der Waals surface area contributed by atoms with Crippen molar-refractivity contribution in [2.24, 2.45) is 0 Å². The van der Waals surface area contributed by atoms with Gasteiger partial charge in [-0.2, -0.15) is 0 Å². The van der Waals surface area contributed by atoms with Crippen LogP contribution < -0.4 is 5.32 Å². The molecular weight excluding hydrogens is 323 g/mol. The summed E-state index contributed by atoms with van der Waals surface area (Å²) in [5.41, 5.74) is 2.89. The first-order valence-corrected chi connectivity index (χ1v) is 8.00. The Kier molecular flexibility index (Phi) is 4.70. The van der Waals surface area contributed by atoms with Gasteiger partial charge in [0.25, 0.3) is 5.91 Å². The van der Waals surface area contributed by atoms with Crippen molar-refractivity contribution in [3.05, 3.63) is 65.0 Å². The Bertz CT molecular complexity index is 822. The number of aryl methyl sites for hydroxylation is 1. The van der Waals surface area contributed by atoms with E-state index in [1.165, 1.54) is 24.1 Å². The van der Waals surface area contributed by atoms with Crippen LogP contribution in [-0.4, -0.2) is 30.6 Å². The van der Waals surface area contributed by atoms with Gasteiger partial charge < -0.3 is 10.1 Å². The van der Waals surface area contributed by atoms with Crippen molar-refractivity contribution in [2.75, 3.05) is 19.0 Å². The minimum absolute atomic E-state index is 0.331. The Morgan fingerprint density at radius 1 is 1.24 bits per heavy atom. The minimum atomic E-state index is -0.938. The lowest BCUT2D eigenvalue weighted by atomic mass is 9.92. The van der Waals surface area contributed by atoms with E-state index < -0.39 is 23.9 Å². The molecule has 0 bridgehead atoms. The molecule has 1 aliphatic rings. The van der Waals surface area contributed by atoms with E-state index in [4.69, 9.17) is 4.74 Å². The second kappa shape index (κ2) is 6.93. The van der Waals surface area contributed by atoms with E-state index in [-0.39, 0.29) is 0 Å². The van der Waals surface area contributed by atoms with E-state index in [1.807, 2.05) is 25.1 Å². The highest BCUT2D eigenvalue weighted by Crippen LogP contribution is 2.32. The molecule has 2 amide bonds. The summed E-state index contributed by atoms with van der Waals surface area (Å²) in [5.74, 6) is -0.842. The number of anilines is 1. The van der Waals surface area contributed by atoms with Crippen LogP contribution in [0.15, 0.2) is 42.5 Å². The van der Waals surface area contributed by atoms with Gasteiger partial charge in [0.05, 0.1) is 7.11 Å². The van der Waals surface area contributed by atoms with E-state index in [2.05, 4.69) is 5.32 Å². The van der Waals surface area contributed by atoms with Gasteiger partial charge in [-0.05, 0) is 48.2 Å². The van der Waals surface area contributed by atoms with Crippen molar-refractivity contribution in [1.82, 2.24) is 4.90 Å². The van der Waals surface area contributed by atoms with E-state index in [1.54, 1.807) is 12.1 Å². The number of ether oxygens (including phenoxy) is 1. The molecule has 0 radical (unpaired) electrons. The zero-order chi connectivity index (χ0) is 18.0. The number of nitrogens with zero attached hydrogens (tertiary/aromatic N) is 1. The second-order valence-corrected chi connectivity index (χ2v) is 5.96. The maximum atomic E-state index is 13.8. The fourth-order valence-electron chi connectivity index (χ4n) is 3.10. The van der Waals surface area contributed by atoms with Crippen molar-refractivity contribution in [3.63, 3.8) is 0 Å². The Labute approximate surface area is 145 Å². The summed E-state index contributed by atoms with van der Waals surface area (Å²) in [5, 5.41) is 2.84. The molecule has 0 fully saturated rings. The molecule has 0 aliphatic carbocycles. The number of nitrogens with one attached hydrogen (secondary N) is 1. The van der Waals surface area contributed by atoms with Gasteiger partial charge in [-0.15, -0.1) is 0 Å². The summed E-state index contributed by atoms with van der Waals surface area (Å²) in [6.45, 7) is 2.21. The number of amides is 2. The lowest BCUT2D eigenvalue weighted by Gasteiger charge is -2.35. The molecule has 1 heterocycles. The van der Waals surface area contributed by atoms with Gasteiger partial charge in [-0.3, -0.25) is 9.69 Å². The summed E-state index contributed by atoms with van der Waals surface area (Å²) in [6, 6.07) is 10.7. The first-order valence-electron chi connectivity index (χ1n) is 8.00. The topological polar surface area (TPSA) is 58.6 Å². The molecule has 2 aromatic carbocycles.